The van der Waals surface area contributed by atoms with Crippen molar-refractivity contribution in [1.82, 2.24) is 9.88 Å². The normalized spacial score (nSPS) is 20.2. The molecule has 4 nitrogen and oxygen atoms in total. The van der Waals surface area contributed by atoms with Gasteiger partial charge in [0.25, 0.3) is 0 Å². The summed E-state index contributed by atoms with van der Waals surface area (Å²) in [6.07, 6.45) is 4.50. The maximum Gasteiger partial charge on any atom is 0.365 e. The standard InChI is InChI=1S/C12H18N2O2S/c1-3-4-5-8-6-9-10(7-14(8)2)17-11(13-9)12(15)16/h8H,3-7H2,1-2H3,(H,15,16). The summed E-state index contributed by atoms with van der Waals surface area (Å²) < 4.78 is 0. The first kappa shape index (κ1) is 12.5. The molecule has 0 amide bonds. The zero-order chi connectivity index (χ0) is 12.4. The number of fused-ring (bicyclic) bond motifs is 1. The average Bonchev–Trinajstić information content (AvgIpc) is 2.68. The van der Waals surface area contributed by atoms with E-state index in [0.29, 0.717) is 6.04 Å². The lowest BCUT2D eigenvalue weighted by molar-refractivity contribution is 0.0696. The van der Waals surface area contributed by atoms with Gasteiger partial charge in [-0.3, -0.25) is 4.90 Å². The van der Waals surface area contributed by atoms with E-state index in [0.717, 1.165) is 23.5 Å². The molecule has 2 rings (SSSR count). The van der Waals surface area contributed by atoms with Gasteiger partial charge in [0.2, 0.25) is 5.01 Å². The first-order valence-electron chi connectivity index (χ1n) is 6.04. The smallest absolute Gasteiger partial charge is 0.365 e. The second kappa shape index (κ2) is 5.14. The van der Waals surface area contributed by atoms with Gasteiger partial charge in [0.15, 0.2) is 0 Å². The van der Waals surface area contributed by atoms with Crippen molar-refractivity contribution in [3.63, 3.8) is 0 Å². The highest BCUT2D eigenvalue weighted by atomic mass is 32.1. The number of hydrogen-bond acceptors (Lipinski definition) is 4. The summed E-state index contributed by atoms with van der Waals surface area (Å²) in [5, 5.41) is 9.18. The minimum absolute atomic E-state index is 0.236. The van der Waals surface area contributed by atoms with E-state index in [4.69, 9.17) is 5.11 Å². The first-order chi connectivity index (χ1) is 8.11. The van der Waals surface area contributed by atoms with E-state index in [1.807, 2.05) is 0 Å². The molecule has 0 bridgehead atoms. The number of aromatic carboxylic acids is 1. The van der Waals surface area contributed by atoms with Crippen LogP contribution in [0.15, 0.2) is 0 Å². The Balaban J connectivity index is 2.13. The number of unbranched alkanes of at least 4 members (excludes halogenated alkanes) is 1. The Bertz CT molecular complexity index is 417. The van der Waals surface area contributed by atoms with Crippen molar-refractivity contribution in [2.45, 2.75) is 45.2 Å². The van der Waals surface area contributed by atoms with Gasteiger partial charge in [-0.25, -0.2) is 9.78 Å². The number of thiazole rings is 1. The van der Waals surface area contributed by atoms with Crippen LogP contribution in [-0.2, 0) is 13.0 Å². The quantitative estimate of drug-likeness (QED) is 0.896. The highest BCUT2D eigenvalue weighted by molar-refractivity contribution is 7.13. The monoisotopic (exact) mass is 254 g/mol. The predicted molar refractivity (Wildman–Crippen MR) is 67.6 cm³/mol. The summed E-state index contributed by atoms with van der Waals surface area (Å²) in [6, 6.07) is 0.520. The molecule has 1 aliphatic heterocycles. The van der Waals surface area contributed by atoms with E-state index in [2.05, 4.69) is 23.9 Å². The molecule has 94 valence electrons. The predicted octanol–water partition coefficient (Wildman–Crippen LogP) is 2.39. The van der Waals surface area contributed by atoms with Gasteiger partial charge >= 0.3 is 5.97 Å². The van der Waals surface area contributed by atoms with Gasteiger partial charge in [-0.2, -0.15) is 0 Å². The van der Waals surface area contributed by atoms with Crippen LogP contribution in [0.2, 0.25) is 0 Å². The molecule has 1 N–H and O–H groups in total. The topological polar surface area (TPSA) is 53.4 Å². The Morgan fingerprint density at radius 2 is 2.41 bits per heavy atom. The lowest BCUT2D eigenvalue weighted by Gasteiger charge is -2.31. The fourth-order valence-electron chi connectivity index (χ4n) is 2.25. The SMILES string of the molecule is CCCCC1Cc2nc(C(=O)O)sc2CN1C. The Morgan fingerprint density at radius 3 is 3.06 bits per heavy atom. The third kappa shape index (κ3) is 2.66. The van der Waals surface area contributed by atoms with Gasteiger partial charge in [0.1, 0.15) is 0 Å². The van der Waals surface area contributed by atoms with Crippen molar-refractivity contribution in [3.05, 3.63) is 15.6 Å². The van der Waals surface area contributed by atoms with Crippen LogP contribution in [-0.4, -0.2) is 34.0 Å². The second-order valence-corrected chi connectivity index (χ2v) is 5.69. The molecule has 0 saturated heterocycles. The molecule has 1 aromatic rings. The zero-order valence-electron chi connectivity index (χ0n) is 10.3. The van der Waals surface area contributed by atoms with Crippen molar-refractivity contribution >= 4 is 17.3 Å². The summed E-state index contributed by atoms with van der Waals surface area (Å²) in [5.74, 6) is -0.905. The summed E-state index contributed by atoms with van der Waals surface area (Å²) >= 11 is 1.32. The lowest BCUT2D eigenvalue weighted by atomic mass is 9.99. The highest BCUT2D eigenvalue weighted by Crippen LogP contribution is 2.29. The molecule has 1 atom stereocenters. The molecule has 0 saturated carbocycles. The molecule has 2 heterocycles. The van der Waals surface area contributed by atoms with Crippen LogP contribution >= 0.6 is 11.3 Å². The summed E-state index contributed by atoms with van der Waals surface area (Å²) in [4.78, 5) is 18.6. The fraction of sp³-hybridized carbons (Fsp3) is 0.667. The number of nitrogens with zero attached hydrogens (tertiary/aromatic N) is 2. The largest absolute Gasteiger partial charge is 0.476 e. The van der Waals surface area contributed by atoms with Crippen LogP contribution < -0.4 is 0 Å². The van der Waals surface area contributed by atoms with E-state index in [9.17, 15) is 4.79 Å². The van der Waals surface area contributed by atoms with E-state index in [-0.39, 0.29) is 5.01 Å². The van der Waals surface area contributed by atoms with Gasteiger partial charge in [-0.15, -0.1) is 11.3 Å². The minimum Gasteiger partial charge on any atom is -0.476 e. The number of carboxylic acid groups (broad SMARTS) is 1. The van der Waals surface area contributed by atoms with E-state index < -0.39 is 5.97 Å². The molecule has 0 spiro atoms. The minimum atomic E-state index is -0.905. The average molecular weight is 254 g/mol. The maximum absolute atomic E-state index is 10.9. The number of carbonyl (C=O) groups is 1. The van der Waals surface area contributed by atoms with Gasteiger partial charge in [-0.1, -0.05) is 19.8 Å². The maximum atomic E-state index is 10.9. The van der Waals surface area contributed by atoms with Crippen LogP contribution in [0.1, 0.15) is 46.6 Å². The van der Waals surface area contributed by atoms with Crippen LogP contribution in [0.3, 0.4) is 0 Å². The van der Waals surface area contributed by atoms with E-state index in [1.165, 1.54) is 30.6 Å². The Kier molecular flexibility index (Phi) is 3.79. The summed E-state index contributed by atoms with van der Waals surface area (Å²) in [5.41, 5.74) is 1.01. The van der Waals surface area contributed by atoms with Gasteiger partial charge in [-0.05, 0) is 13.5 Å². The van der Waals surface area contributed by atoms with Gasteiger partial charge < -0.3 is 5.11 Å². The third-order valence-electron chi connectivity index (χ3n) is 3.30. The molecule has 0 aliphatic carbocycles. The van der Waals surface area contributed by atoms with Crippen LogP contribution in [0, 0.1) is 0 Å². The van der Waals surface area contributed by atoms with Crippen LogP contribution in [0.5, 0.6) is 0 Å². The third-order valence-corrected chi connectivity index (χ3v) is 4.37. The van der Waals surface area contributed by atoms with Crippen molar-refractivity contribution < 1.29 is 9.90 Å². The van der Waals surface area contributed by atoms with Gasteiger partial charge in [0, 0.05) is 23.9 Å². The Morgan fingerprint density at radius 1 is 1.65 bits per heavy atom. The summed E-state index contributed by atoms with van der Waals surface area (Å²) in [6.45, 7) is 3.04. The number of rotatable bonds is 4. The van der Waals surface area contributed by atoms with Crippen molar-refractivity contribution in [1.29, 1.82) is 0 Å². The van der Waals surface area contributed by atoms with Crippen LogP contribution in [0.25, 0.3) is 0 Å². The number of likely N-dealkylation sites (N-methyl/N-ethyl adjacent to an activating group) is 1. The molecule has 17 heavy (non-hydrogen) atoms. The zero-order valence-corrected chi connectivity index (χ0v) is 11.1. The van der Waals surface area contributed by atoms with E-state index in [1.54, 1.807) is 0 Å². The fourth-order valence-corrected chi connectivity index (χ4v) is 3.25. The molecule has 0 aromatic carbocycles. The van der Waals surface area contributed by atoms with E-state index >= 15 is 0 Å². The molecule has 1 aromatic heterocycles. The molecule has 0 fully saturated rings. The second-order valence-electron chi connectivity index (χ2n) is 4.61. The molecule has 0 radical (unpaired) electrons. The molecular formula is C12H18N2O2S. The molecule has 5 heteroatoms. The highest BCUT2D eigenvalue weighted by Gasteiger charge is 2.27. The van der Waals surface area contributed by atoms with Gasteiger partial charge in [0.05, 0.1) is 5.69 Å². The molecule has 1 unspecified atom stereocenters. The first-order valence-corrected chi connectivity index (χ1v) is 6.85. The molecular weight excluding hydrogens is 236 g/mol. The number of carboxylic acids is 1. The molecule has 1 aliphatic rings. The lowest BCUT2D eigenvalue weighted by Crippen LogP contribution is -2.36. The number of hydrogen-bond donors (Lipinski definition) is 1. The number of aromatic nitrogens is 1. The van der Waals surface area contributed by atoms with Crippen molar-refractivity contribution in [2.75, 3.05) is 7.05 Å². The van der Waals surface area contributed by atoms with Crippen molar-refractivity contribution in [3.8, 4) is 0 Å². The Hall–Kier alpha value is -0.940. The Labute approximate surface area is 105 Å². The van der Waals surface area contributed by atoms with Crippen molar-refractivity contribution in [2.24, 2.45) is 0 Å². The van der Waals surface area contributed by atoms with Crippen LogP contribution in [0.4, 0.5) is 0 Å². The summed E-state index contributed by atoms with van der Waals surface area (Å²) in [7, 11) is 2.11.